The van der Waals surface area contributed by atoms with E-state index in [1.807, 2.05) is 19.1 Å². The average Bonchev–Trinajstić information content (AvgIpc) is 3.14. The highest BCUT2D eigenvalue weighted by atomic mass is 16.6. The highest BCUT2D eigenvalue weighted by molar-refractivity contribution is 5.57. The number of hydrogen-bond acceptors (Lipinski definition) is 6. The van der Waals surface area contributed by atoms with Crippen LogP contribution in [0.25, 0.3) is 6.08 Å². The minimum absolute atomic E-state index is 0.0654. The van der Waals surface area contributed by atoms with E-state index < -0.39 is 4.92 Å². The summed E-state index contributed by atoms with van der Waals surface area (Å²) in [5.41, 5.74) is 3.90. The molecule has 29 heavy (non-hydrogen) atoms. The molecule has 0 radical (unpaired) electrons. The van der Waals surface area contributed by atoms with Gasteiger partial charge in [0.2, 0.25) is 0 Å². The van der Waals surface area contributed by atoms with E-state index in [0.717, 1.165) is 16.7 Å². The molecule has 7 nitrogen and oxygen atoms in total. The lowest BCUT2D eigenvalue weighted by molar-refractivity contribution is -0.384. The molecule has 1 aliphatic rings. The maximum atomic E-state index is 12.4. The quantitative estimate of drug-likeness (QED) is 0.538. The van der Waals surface area contributed by atoms with Gasteiger partial charge < -0.3 is 13.9 Å². The molecule has 0 amide bonds. The Bertz CT molecular complexity index is 1050. The topological polar surface area (TPSA) is 91.8 Å². The van der Waals surface area contributed by atoms with E-state index in [1.54, 1.807) is 26.0 Å². The molecule has 3 rings (SSSR count). The predicted molar refractivity (Wildman–Crippen MR) is 109 cm³/mol. The van der Waals surface area contributed by atoms with Crippen LogP contribution in [0.1, 0.15) is 41.9 Å². The van der Waals surface area contributed by atoms with Crippen LogP contribution in [-0.4, -0.2) is 18.6 Å². The van der Waals surface area contributed by atoms with E-state index in [9.17, 15) is 14.9 Å². The van der Waals surface area contributed by atoms with Gasteiger partial charge in [0.05, 0.1) is 24.2 Å². The zero-order valence-electron chi connectivity index (χ0n) is 16.9. The number of rotatable bonds is 5. The van der Waals surface area contributed by atoms with Crippen LogP contribution in [0.3, 0.4) is 0 Å². The summed E-state index contributed by atoms with van der Waals surface area (Å²) in [5, 5.41) is 10.7. The van der Waals surface area contributed by atoms with E-state index in [-0.39, 0.29) is 23.2 Å². The lowest BCUT2D eigenvalue weighted by Gasteiger charge is -2.13. The van der Waals surface area contributed by atoms with Gasteiger partial charge >= 0.3 is 0 Å². The molecule has 7 heteroatoms. The van der Waals surface area contributed by atoms with Crippen molar-refractivity contribution in [2.45, 2.75) is 33.3 Å². The molecular weight excluding hydrogens is 374 g/mol. The zero-order chi connectivity index (χ0) is 21.1. The van der Waals surface area contributed by atoms with Crippen LogP contribution in [0, 0.1) is 24.0 Å². The van der Waals surface area contributed by atoms with Gasteiger partial charge in [0.25, 0.3) is 11.6 Å². The predicted octanol–water partition coefficient (Wildman–Crippen LogP) is 4.66. The van der Waals surface area contributed by atoms with Gasteiger partial charge in [-0.3, -0.25) is 14.9 Å². The molecule has 1 aromatic heterocycles. The van der Waals surface area contributed by atoms with Crippen molar-refractivity contribution in [3.8, 4) is 5.95 Å². The molecule has 0 spiro atoms. The molecule has 0 unspecified atom stereocenters. The largest absolute Gasteiger partial charge is 0.468 e. The van der Waals surface area contributed by atoms with Gasteiger partial charge in [-0.15, -0.1) is 0 Å². The van der Waals surface area contributed by atoms with Crippen molar-refractivity contribution in [3.63, 3.8) is 0 Å². The summed E-state index contributed by atoms with van der Waals surface area (Å²) < 4.78 is 16.8. The molecule has 1 saturated heterocycles. The van der Waals surface area contributed by atoms with Crippen LogP contribution in [0.5, 0.6) is 5.95 Å². The Morgan fingerprint density at radius 1 is 1.24 bits per heavy atom. The number of allylic oxidation sites excluding steroid dienone is 2. The molecular formula is C22H23NO6. The minimum Gasteiger partial charge on any atom is -0.468 e. The van der Waals surface area contributed by atoms with Crippen LogP contribution in [0.15, 0.2) is 50.7 Å². The lowest BCUT2D eigenvalue weighted by atomic mass is 10.0. The first-order chi connectivity index (χ1) is 13.8. The lowest BCUT2D eigenvalue weighted by Crippen LogP contribution is -2.15. The summed E-state index contributed by atoms with van der Waals surface area (Å²) >= 11 is 0. The molecule has 2 heterocycles. The van der Waals surface area contributed by atoms with Crippen LogP contribution in [0.2, 0.25) is 0 Å². The Balaban J connectivity index is 1.78. The van der Waals surface area contributed by atoms with Crippen molar-refractivity contribution in [1.82, 2.24) is 0 Å². The molecule has 2 aromatic rings. The van der Waals surface area contributed by atoms with Crippen molar-refractivity contribution in [1.29, 1.82) is 0 Å². The van der Waals surface area contributed by atoms with Gasteiger partial charge in [0.1, 0.15) is 11.9 Å². The smallest absolute Gasteiger partial charge is 0.291 e. The summed E-state index contributed by atoms with van der Waals surface area (Å²) in [6.07, 6.45) is 4.25. The maximum Gasteiger partial charge on any atom is 0.291 e. The fourth-order valence-corrected chi connectivity index (χ4v) is 3.39. The molecule has 1 aromatic carbocycles. The number of hydrogen-bond donors (Lipinski definition) is 0. The van der Waals surface area contributed by atoms with Crippen molar-refractivity contribution >= 4 is 11.8 Å². The van der Waals surface area contributed by atoms with Gasteiger partial charge in [-0.2, -0.15) is 0 Å². The van der Waals surface area contributed by atoms with E-state index in [4.69, 9.17) is 13.9 Å². The molecule has 1 atom stereocenters. The number of nitrogens with zero attached hydrogens (tertiary/aromatic N) is 1. The first kappa shape index (κ1) is 20.5. The van der Waals surface area contributed by atoms with Gasteiger partial charge in [-0.05, 0) is 44.0 Å². The van der Waals surface area contributed by atoms with Crippen LogP contribution < -0.4 is 10.2 Å². The van der Waals surface area contributed by atoms with Gasteiger partial charge in [-0.25, -0.2) is 0 Å². The number of ether oxygens (including phenoxy) is 2. The van der Waals surface area contributed by atoms with Gasteiger partial charge in [0.15, 0.2) is 5.43 Å². The highest BCUT2D eigenvalue weighted by Crippen LogP contribution is 2.35. The van der Waals surface area contributed by atoms with E-state index >= 15 is 0 Å². The van der Waals surface area contributed by atoms with Crippen LogP contribution >= 0.6 is 0 Å². The Kier molecular flexibility index (Phi) is 5.98. The van der Waals surface area contributed by atoms with E-state index in [2.05, 4.69) is 0 Å². The first-order valence-electron chi connectivity index (χ1n) is 9.22. The third-order valence-electron chi connectivity index (χ3n) is 4.88. The maximum absolute atomic E-state index is 12.4. The van der Waals surface area contributed by atoms with E-state index in [0.29, 0.717) is 29.9 Å². The van der Waals surface area contributed by atoms with Crippen LogP contribution in [0.4, 0.5) is 5.69 Å². The molecule has 0 saturated carbocycles. The second kappa shape index (κ2) is 8.45. The third-order valence-corrected chi connectivity index (χ3v) is 4.88. The van der Waals surface area contributed by atoms with Crippen molar-refractivity contribution in [3.05, 3.63) is 84.3 Å². The Hall–Kier alpha value is -3.19. The molecule has 1 fully saturated rings. The Morgan fingerprint density at radius 2 is 1.93 bits per heavy atom. The molecule has 0 aliphatic carbocycles. The number of non-ortho nitro benzene ring substituents is 1. The average molecular weight is 397 g/mol. The van der Waals surface area contributed by atoms with Crippen molar-refractivity contribution < 1.29 is 18.8 Å². The number of nitro groups is 1. The summed E-state index contributed by atoms with van der Waals surface area (Å²) in [5.74, 6) is 0.712. The fraction of sp³-hybridized carbons (Fsp3) is 0.318. The highest BCUT2D eigenvalue weighted by Gasteiger charge is 2.28. The number of benzene rings is 1. The monoisotopic (exact) mass is 397 g/mol. The normalized spacial score (nSPS) is 18.3. The van der Waals surface area contributed by atoms with Crippen molar-refractivity contribution in [2.75, 3.05) is 13.7 Å². The summed E-state index contributed by atoms with van der Waals surface area (Å²) in [6, 6.07) is 6.39. The Morgan fingerprint density at radius 3 is 2.55 bits per heavy atom. The first-order valence-corrected chi connectivity index (χ1v) is 9.22. The second-order valence-electron chi connectivity index (χ2n) is 7.08. The molecule has 0 bridgehead atoms. The molecule has 1 aliphatic heterocycles. The standard InChI is InChI=1S/C22H23NO6/c1-13(9-16-5-7-18(8-6-16)23(25)26)10-17-11-19(28-12-17)21-14(2)20(24)15(3)22(27-4)29-21/h5-10,19H,11-12H2,1-4H3/t19-/m1/s1. The Labute approximate surface area is 168 Å². The summed E-state index contributed by atoms with van der Waals surface area (Å²) in [4.78, 5) is 22.7. The fourth-order valence-electron chi connectivity index (χ4n) is 3.39. The third kappa shape index (κ3) is 4.46. The second-order valence-corrected chi connectivity index (χ2v) is 7.08. The molecule has 152 valence electrons. The summed E-state index contributed by atoms with van der Waals surface area (Å²) in [7, 11) is 1.47. The zero-order valence-corrected chi connectivity index (χ0v) is 16.9. The van der Waals surface area contributed by atoms with Gasteiger partial charge in [0, 0.05) is 24.1 Å². The van der Waals surface area contributed by atoms with Crippen LogP contribution in [-0.2, 0) is 4.74 Å². The van der Waals surface area contributed by atoms with Crippen molar-refractivity contribution in [2.24, 2.45) is 0 Å². The van der Waals surface area contributed by atoms with Gasteiger partial charge in [-0.1, -0.05) is 17.7 Å². The van der Waals surface area contributed by atoms with E-state index in [1.165, 1.54) is 19.2 Å². The minimum atomic E-state index is -0.418. The SMILES string of the molecule is COc1oc([C@H]2CC(=CC(C)=Cc3ccc([N+](=O)[O-])cc3)CO2)c(C)c(=O)c1C. The molecule has 0 N–H and O–H groups in total. The number of nitro benzene ring substituents is 1. The number of methoxy groups -OCH3 is 1. The summed E-state index contributed by atoms with van der Waals surface area (Å²) in [6.45, 7) is 5.81.